The summed E-state index contributed by atoms with van der Waals surface area (Å²) in [6.45, 7) is 3.38. The molecule has 1 fully saturated rings. The topological polar surface area (TPSA) is 12.0 Å². The Labute approximate surface area is 122 Å². The molecule has 0 aliphatic heterocycles. The van der Waals surface area contributed by atoms with Gasteiger partial charge in [-0.25, -0.2) is 0 Å². The lowest BCUT2D eigenvalue weighted by Crippen LogP contribution is -2.36. The number of hydrogen-bond donors (Lipinski definition) is 1. The second kappa shape index (κ2) is 8.76. The highest BCUT2D eigenvalue weighted by molar-refractivity contribution is 7.09. The molecule has 1 unspecified atom stereocenters. The van der Waals surface area contributed by atoms with Crippen LogP contribution < -0.4 is 5.32 Å². The summed E-state index contributed by atoms with van der Waals surface area (Å²) in [4.78, 5) is 1.55. The molecule has 0 bridgehead atoms. The van der Waals surface area contributed by atoms with Crippen molar-refractivity contribution in [2.45, 2.75) is 70.8 Å². The van der Waals surface area contributed by atoms with E-state index < -0.39 is 0 Å². The normalized spacial score (nSPS) is 19.2. The number of thiophene rings is 1. The van der Waals surface area contributed by atoms with E-state index in [1.807, 2.05) is 11.3 Å². The van der Waals surface area contributed by atoms with E-state index in [-0.39, 0.29) is 0 Å². The van der Waals surface area contributed by atoms with Crippen molar-refractivity contribution in [3.8, 4) is 0 Å². The van der Waals surface area contributed by atoms with Gasteiger partial charge >= 0.3 is 0 Å². The van der Waals surface area contributed by atoms with Crippen LogP contribution in [0.5, 0.6) is 0 Å². The van der Waals surface area contributed by atoms with Crippen LogP contribution in [0.25, 0.3) is 0 Å². The average molecular weight is 279 g/mol. The van der Waals surface area contributed by atoms with E-state index in [1.54, 1.807) is 4.88 Å². The van der Waals surface area contributed by atoms with Crippen molar-refractivity contribution in [2.75, 3.05) is 6.54 Å². The fraction of sp³-hybridized carbons (Fsp3) is 0.765. The zero-order valence-electron chi connectivity index (χ0n) is 12.4. The fourth-order valence-corrected chi connectivity index (χ4v) is 4.18. The standard InChI is InChI=1S/C17H29NS/c1-2-18-17(15-9-5-3-4-6-10-15)13-7-11-16-12-8-14-19-16/h8,12,14-15,17-18H,2-7,9-11,13H2,1H3. The molecule has 0 saturated heterocycles. The third-order valence-electron chi connectivity index (χ3n) is 4.45. The highest BCUT2D eigenvalue weighted by Crippen LogP contribution is 2.28. The Kier molecular flexibility index (Phi) is 6.94. The molecule has 19 heavy (non-hydrogen) atoms. The summed E-state index contributed by atoms with van der Waals surface area (Å²) in [5, 5.41) is 5.96. The first-order valence-electron chi connectivity index (χ1n) is 8.16. The second-order valence-electron chi connectivity index (χ2n) is 5.89. The molecule has 2 rings (SSSR count). The van der Waals surface area contributed by atoms with Crippen molar-refractivity contribution in [1.82, 2.24) is 5.32 Å². The molecule has 1 atom stereocenters. The van der Waals surface area contributed by atoms with Gasteiger partial charge in [0.25, 0.3) is 0 Å². The van der Waals surface area contributed by atoms with Gasteiger partial charge in [-0.2, -0.15) is 0 Å². The monoisotopic (exact) mass is 279 g/mol. The van der Waals surface area contributed by atoms with Crippen LogP contribution in [-0.2, 0) is 6.42 Å². The molecule has 1 aliphatic rings. The van der Waals surface area contributed by atoms with Gasteiger partial charge in [-0.05, 0) is 56.0 Å². The molecule has 0 radical (unpaired) electrons. The first-order chi connectivity index (χ1) is 9.40. The van der Waals surface area contributed by atoms with Crippen LogP contribution in [0.3, 0.4) is 0 Å². The van der Waals surface area contributed by atoms with Gasteiger partial charge in [0.15, 0.2) is 0 Å². The molecule has 1 N–H and O–H groups in total. The van der Waals surface area contributed by atoms with Crippen LogP contribution in [-0.4, -0.2) is 12.6 Å². The quantitative estimate of drug-likeness (QED) is 0.691. The fourth-order valence-electron chi connectivity index (χ4n) is 3.43. The SMILES string of the molecule is CCNC(CCCc1cccs1)C1CCCCCC1. The summed E-state index contributed by atoms with van der Waals surface area (Å²) in [6.07, 6.45) is 12.7. The van der Waals surface area contributed by atoms with Crippen LogP contribution in [0, 0.1) is 5.92 Å². The number of rotatable bonds is 7. The third kappa shape index (κ3) is 5.27. The van der Waals surface area contributed by atoms with Crippen molar-refractivity contribution < 1.29 is 0 Å². The second-order valence-corrected chi connectivity index (χ2v) is 6.92. The molecule has 0 spiro atoms. The minimum Gasteiger partial charge on any atom is -0.314 e. The van der Waals surface area contributed by atoms with Crippen molar-refractivity contribution >= 4 is 11.3 Å². The molecule has 1 aromatic heterocycles. The minimum absolute atomic E-state index is 0.767. The molecule has 1 aliphatic carbocycles. The third-order valence-corrected chi connectivity index (χ3v) is 5.39. The maximum absolute atomic E-state index is 3.76. The largest absolute Gasteiger partial charge is 0.314 e. The molecule has 1 saturated carbocycles. The van der Waals surface area contributed by atoms with Gasteiger partial charge in [-0.1, -0.05) is 38.7 Å². The summed E-state index contributed by atoms with van der Waals surface area (Å²) < 4.78 is 0. The Morgan fingerprint density at radius 2 is 2.05 bits per heavy atom. The first-order valence-corrected chi connectivity index (χ1v) is 9.04. The summed E-state index contributed by atoms with van der Waals surface area (Å²) in [6, 6.07) is 5.22. The van der Waals surface area contributed by atoms with Gasteiger partial charge < -0.3 is 5.32 Å². The van der Waals surface area contributed by atoms with E-state index >= 15 is 0 Å². The van der Waals surface area contributed by atoms with Crippen molar-refractivity contribution in [3.63, 3.8) is 0 Å². The van der Waals surface area contributed by atoms with Crippen LogP contribution >= 0.6 is 11.3 Å². The highest BCUT2D eigenvalue weighted by Gasteiger charge is 2.21. The number of aryl methyl sites for hydroxylation is 1. The zero-order valence-corrected chi connectivity index (χ0v) is 13.2. The lowest BCUT2D eigenvalue weighted by molar-refractivity contribution is 0.304. The summed E-state index contributed by atoms with van der Waals surface area (Å²) in [5.74, 6) is 0.936. The Balaban J connectivity index is 1.77. The predicted octanol–water partition coefficient (Wildman–Crippen LogP) is 5.02. The van der Waals surface area contributed by atoms with Crippen molar-refractivity contribution in [3.05, 3.63) is 22.4 Å². The van der Waals surface area contributed by atoms with Gasteiger partial charge in [-0.3, -0.25) is 0 Å². The summed E-state index contributed by atoms with van der Waals surface area (Å²) in [7, 11) is 0. The first kappa shape index (κ1) is 15.1. The van der Waals surface area contributed by atoms with E-state index in [0.29, 0.717) is 0 Å². The van der Waals surface area contributed by atoms with Crippen LogP contribution in [0.15, 0.2) is 17.5 Å². The smallest absolute Gasteiger partial charge is 0.00953 e. The molecule has 0 amide bonds. The lowest BCUT2D eigenvalue weighted by atomic mass is 9.88. The Morgan fingerprint density at radius 1 is 1.26 bits per heavy atom. The minimum atomic E-state index is 0.767. The molecular formula is C17H29NS. The van der Waals surface area contributed by atoms with Crippen molar-refractivity contribution in [1.29, 1.82) is 0 Å². The van der Waals surface area contributed by atoms with E-state index in [1.165, 1.54) is 57.8 Å². The summed E-state index contributed by atoms with van der Waals surface area (Å²) in [5.41, 5.74) is 0. The number of nitrogens with one attached hydrogen (secondary N) is 1. The molecule has 1 aromatic rings. The Bertz CT molecular complexity index is 312. The summed E-state index contributed by atoms with van der Waals surface area (Å²) >= 11 is 1.91. The van der Waals surface area contributed by atoms with Gasteiger partial charge in [-0.15, -0.1) is 11.3 Å². The van der Waals surface area contributed by atoms with Crippen LogP contribution in [0.1, 0.15) is 63.2 Å². The lowest BCUT2D eigenvalue weighted by Gasteiger charge is -2.27. The molecule has 1 heterocycles. The van der Waals surface area contributed by atoms with Crippen LogP contribution in [0.4, 0.5) is 0 Å². The average Bonchev–Trinajstić information content (AvgIpc) is 2.79. The van der Waals surface area contributed by atoms with Gasteiger partial charge in [0.05, 0.1) is 0 Å². The maximum atomic E-state index is 3.76. The zero-order chi connectivity index (χ0) is 13.3. The van der Waals surface area contributed by atoms with E-state index in [0.717, 1.165) is 18.5 Å². The van der Waals surface area contributed by atoms with Crippen molar-refractivity contribution in [2.24, 2.45) is 5.92 Å². The highest BCUT2D eigenvalue weighted by atomic mass is 32.1. The molecule has 108 valence electrons. The molecule has 1 nitrogen and oxygen atoms in total. The van der Waals surface area contributed by atoms with Gasteiger partial charge in [0, 0.05) is 10.9 Å². The molecule has 2 heteroatoms. The predicted molar refractivity (Wildman–Crippen MR) is 85.9 cm³/mol. The van der Waals surface area contributed by atoms with E-state index in [4.69, 9.17) is 0 Å². The molecular weight excluding hydrogens is 250 g/mol. The van der Waals surface area contributed by atoms with Gasteiger partial charge in [0.2, 0.25) is 0 Å². The maximum Gasteiger partial charge on any atom is 0.00953 e. The molecule has 0 aromatic carbocycles. The number of hydrogen-bond acceptors (Lipinski definition) is 2. The van der Waals surface area contributed by atoms with Crippen LogP contribution in [0.2, 0.25) is 0 Å². The Hall–Kier alpha value is -0.340. The van der Waals surface area contributed by atoms with E-state index in [2.05, 4.69) is 29.8 Å². The van der Waals surface area contributed by atoms with E-state index in [9.17, 15) is 0 Å². The Morgan fingerprint density at radius 3 is 2.68 bits per heavy atom. The van der Waals surface area contributed by atoms with Gasteiger partial charge in [0.1, 0.15) is 0 Å².